The summed E-state index contributed by atoms with van der Waals surface area (Å²) in [7, 11) is -3.52. The van der Waals surface area contributed by atoms with Crippen LogP contribution in [0.15, 0.2) is 48.5 Å². The molecule has 3 rings (SSSR count). The first-order chi connectivity index (χ1) is 12.4. The summed E-state index contributed by atoms with van der Waals surface area (Å²) in [4.78, 5) is 12.6. The van der Waals surface area contributed by atoms with Crippen LogP contribution >= 0.6 is 11.6 Å². The summed E-state index contributed by atoms with van der Waals surface area (Å²) in [5.41, 5.74) is 1.22. The zero-order valence-electron chi connectivity index (χ0n) is 14.2. The van der Waals surface area contributed by atoms with E-state index in [1.807, 2.05) is 18.2 Å². The maximum Gasteiger partial charge on any atom is 0.263 e. The van der Waals surface area contributed by atoms with E-state index < -0.39 is 22.0 Å². The van der Waals surface area contributed by atoms with Crippen molar-refractivity contribution in [2.24, 2.45) is 0 Å². The number of sulfonamides is 1. The number of halogens is 1. The number of para-hydroxylation sites is 2. The highest BCUT2D eigenvalue weighted by atomic mass is 35.5. The molecule has 1 unspecified atom stereocenters. The van der Waals surface area contributed by atoms with Gasteiger partial charge in [-0.1, -0.05) is 41.9 Å². The number of fused-ring (bicyclic) bond motifs is 1. The van der Waals surface area contributed by atoms with Crippen molar-refractivity contribution in [3.05, 3.63) is 59.1 Å². The summed E-state index contributed by atoms with van der Waals surface area (Å²) < 4.78 is 31.8. The molecule has 1 aliphatic rings. The van der Waals surface area contributed by atoms with Gasteiger partial charge in [0.15, 0.2) is 6.10 Å². The quantitative estimate of drug-likeness (QED) is 0.845. The van der Waals surface area contributed by atoms with Gasteiger partial charge in [0.2, 0.25) is 10.0 Å². The molecule has 0 aromatic heterocycles. The molecule has 2 aromatic carbocycles. The number of benzene rings is 2. The van der Waals surface area contributed by atoms with Gasteiger partial charge in [0, 0.05) is 11.6 Å². The van der Waals surface area contributed by atoms with E-state index in [1.54, 1.807) is 37.3 Å². The smallest absolute Gasteiger partial charge is 0.263 e. The molecule has 0 aliphatic carbocycles. The van der Waals surface area contributed by atoms with Crippen molar-refractivity contribution in [2.45, 2.75) is 19.6 Å². The first kappa shape index (κ1) is 18.5. The molecule has 26 heavy (non-hydrogen) atoms. The van der Waals surface area contributed by atoms with Crippen LogP contribution in [-0.2, 0) is 21.4 Å². The monoisotopic (exact) mass is 394 g/mol. The van der Waals surface area contributed by atoms with Crippen molar-refractivity contribution in [2.75, 3.05) is 16.6 Å². The standard InChI is InChI=1S/C18H19ClN2O4S/c1-2-26(23,24)21-12-17(25-16-10-6-5-9-15(16)21)18(22)20-11-13-7-3-4-8-14(13)19/h3-10,17H,2,11-12H2,1H3,(H,20,22). The average molecular weight is 395 g/mol. The summed E-state index contributed by atoms with van der Waals surface area (Å²) >= 11 is 6.09. The van der Waals surface area contributed by atoms with Crippen LogP contribution in [-0.4, -0.2) is 32.7 Å². The largest absolute Gasteiger partial charge is 0.476 e. The van der Waals surface area contributed by atoms with Crippen molar-refractivity contribution in [1.29, 1.82) is 0 Å². The minimum Gasteiger partial charge on any atom is -0.476 e. The molecule has 6 nitrogen and oxygen atoms in total. The molecule has 0 fully saturated rings. The average Bonchev–Trinajstić information content (AvgIpc) is 2.66. The lowest BCUT2D eigenvalue weighted by atomic mass is 10.2. The number of nitrogens with one attached hydrogen (secondary N) is 1. The van der Waals surface area contributed by atoms with Crippen LogP contribution in [0.5, 0.6) is 5.75 Å². The summed E-state index contributed by atoms with van der Waals surface area (Å²) in [6, 6.07) is 14.0. The van der Waals surface area contributed by atoms with Crippen LogP contribution in [0.25, 0.3) is 0 Å². The van der Waals surface area contributed by atoms with E-state index in [2.05, 4.69) is 5.32 Å². The van der Waals surface area contributed by atoms with Gasteiger partial charge in [0.1, 0.15) is 5.75 Å². The molecule has 1 aliphatic heterocycles. The third-order valence-electron chi connectivity index (χ3n) is 4.14. The molecule has 0 saturated heterocycles. The molecular formula is C18H19ClN2O4S. The molecule has 0 bridgehead atoms. The number of rotatable bonds is 5. The number of carbonyl (C=O) groups is 1. The topological polar surface area (TPSA) is 75.7 Å². The third kappa shape index (κ3) is 3.78. The minimum absolute atomic E-state index is 0.0602. The molecule has 8 heteroatoms. The second-order valence-electron chi connectivity index (χ2n) is 5.82. The first-order valence-corrected chi connectivity index (χ1v) is 10.2. The van der Waals surface area contributed by atoms with Gasteiger partial charge in [-0.2, -0.15) is 0 Å². The Labute approximate surface area is 157 Å². The normalized spacial score (nSPS) is 16.5. The summed E-state index contributed by atoms with van der Waals surface area (Å²) in [5.74, 6) is -0.0839. The number of amides is 1. The predicted molar refractivity (Wildman–Crippen MR) is 101 cm³/mol. The van der Waals surface area contributed by atoms with Crippen LogP contribution in [0.4, 0.5) is 5.69 Å². The molecule has 1 atom stereocenters. The van der Waals surface area contributed by atoms with Gasteiger partial charge in [0.25, 0.3) is 5.91 Å². The van der Waals surface area contributed by atoms with Gasteiger partial charge in [-0.3, -0.25) is 9.10 Å². The highest BCUT2D eigenvalue weighted by Crippen LogP contribution is 2.35. The van der Waals surface area contributed by atoms with E-state index >= 15 is 0 Å². The second kappa shape index (κ2) is 7.55. The molecule has 0 radical (unpaired) electrons. The Morgan fingerprint density at radius 1 is 1.23 bits per heavy atom. The van der Waals surface area contributed by atoms with Gasteiger partial charge >= 0.3 is 0 Å². The molecule has 2 aromatic rings. The fraction of sp³-hybridized carbons (Fsp3) is 0.278. The van der Waals surface area contributed by atoms with Gasteiger partial charge in [-0.05, 0) is 30.7 Å². The number of hydrogen-bond donors (Lipinski definition) is 1. The highest BCUT2D eigenvalue weighted by molar-refractivity contribution is 7.92. The van der Waals surface area contributed by atoms with Crippen LogP contribution in [0.2, 0.25) is 5.02 Å². The molecule has 0 saturated carbocycles. The SMILES string of the molecule is CCS(=O)(=O)N1CC(C(=O)NCc2ccccc2Cl)Oc2ccccc21. The summed E-state index contributed by atoms with van der Waals surface area (Å²) in [6.07, 6.45) is -0.936. The van der Waals surface area contributed by atoms with E-state index in [-0.39, 0.29) is 18.8 Å². The van der Waals surface area contributed by atoms with E-state index in [0.29, 0.717) is 16.5 Å². The van der Waals surface area contributed by atoms with E-state index in [1.165, 1.54) is 4.31 Å². The zero-order valence-corrected chi connectivity index (χ0v) is 15.8. The fourth-order valence-corrected chi connectivity index (χ4v) is 4.02. The first-order valence-electron chi connectivity index (χ1n) is 8.19. The fourth-order valence-electron chi connectivity index (χ4n) is 2.70. The Hall–Kier alpha value is -2.25. The second-order valence-corrected chi connectivity index (χ2v) is 8.40. The van der Waals surface area contributed by atoms with Gasteiger partial charge in [-0.25, -0.2) is 8.42 Å². The maximum absolute atomic E-state index is 12.6. The molecule has 0 spiro atoms. The molecule has 1 N–H and O–H groups in total. The van der Waals surface area contributed by atoms with Crippen LogP contribution in [0, 0.1) is 0 Å². The van der Waals surface area contributed by atoms with Crippen LogP contribution < -0.4 is 14.4 Å². The summed E-state index contributed by atoms with van der Waals surface area (Å²) in [5, 5.41) is 3.31. The van der Waals surface area contributed by atoms with Crippen LogP contribution in [0.1, 0.15) is 12.5 Å². The predicted octanol–water partition coefficient (Wildman–Crippen LogP) is 2.57. The van der Waals surface area contributed by atoms with Crippen molar-refractivity contribution in [3.63, 3.8) is 0 Å². The van der Waals surface area contributed by atoms with Gasteiger partial charge in [-0.15, -0.1) is 0 Å². The number of carbonyl (C=O) groups excluding carboxylic acids is 1. The third-order valence-corrected chi connectivity index (χ3v) is 6.25. The molecular weight excluding hydrogens is 376 g/mol. The number of nitrogens with zero attached hydrogens (tertiary/aromatic N) is 1. The Morgan fingerprint density at radius 2 is 1.92 bits per heavy atom. The zero-order chi connectivity index (χ0) is 18.7. The van der Waals surface area contributed by atoms with E-state index in [9.17, 15) is 13.2 Å². The Kier molecular flexibility index (Phi) is 5.38. The maximum atomic E-state index is 12.6. The lowest BCUT2D eigenvalue weighted by Crippen LogP contribution is -2.50. The van der Waals surface area contributed by atoms with Gasteiger partial charge in [0.05, 0.1) is 18.0 Å². The number of ether oxygens (including phenoxy) is 1. The van der Waals surface area contributed by atoms with E-state index in [0.717, 1.165) is 5.56 Å². The minimum atomic E-state index is -3.52. The van der Waals surface area contributed by atoms with Crippen molar-refractivity contribution in [1.82, 2.24) is 5.32 Å². The van der Waals surface area contributed by atoms with Crippen LogP contribution in [0.3, 0.4) is 0 Å². The molecule has 1 amide bonds. The van der Waals surface area contributed by atoms with E-state index in [4.69, 9.17) is 16.3 Å². The Morgan fingerprint density at radius 3 is 2.65 bits per heavy atom. The molecule has 138 valence electrons. The number of hydrogen-bond acceptors (Lipinski definition) is 4. The van der Waals surface area contributed by atoms with Crippen molar-refractivity contribution in [3.8, 4) is 5.75 Å². The molecule has 1 heterocycles. The lowest BCUT2D eigenvalue weighted by Gasteiger charge is -2.34. The highest BCUT2D eigenvalue weighted by Gasteiger charge is 2.35. The van der Waals surface area contributed by atoms with Gasteiger partial charge < -0.3 is 10.1 Å². The summed E-state index contributed by atoms with van der Waals surface area (Å²) in [6.45, 7) is 1.74. The Bertz CT molecular complexity index is 917. The Balaban J connectivity index is 1.79. The van der Waals surface area contributed by atoms with Crippen molar-refractivity contribution >= 4 is 33.2 Å². The van der Waals surface area contributed by atoms with Crippen molar-refractivity contribution < 1.29 is 17.9 Å². The number of anilines is 1. The lowest BCUT2D eigenvalue weighted by molar-refractivity contribution is -0.127.